The maximum Gasteiger partial charge on any atom is 0.123 e. The second kappa shape index (κ2) is 6.40. The summed E-state index contributed by atoms with van der Waals surface area (Å²) in [4.78, 5) is 0.268. The van der Waals surface area contributed by atoms with Crippen LogP contribution >= 0.6 is 0 Å². The van der Waals surface area contributed by atoms with Gasteiger partial charge in [-0.25, -0.2) is 8.42 Å². The third kappa shape index (κ3) is 3.42. The third-order valence-corrected chi connectivity index (χ3v) is 4.84. The molecule has 0 aliphatic heterocycles. The van der Waals surface area contributed by atoms with E-state index in [-0.39, 0.29) is 4.90 Å². The second-order valence-electron chi connectivity index (χ2n) is 5.19. The van der Waals surface area contributed by atoms with E-state index < -0.39 is 10.0 Å². The van der Waals surface area contributed by atoms with E-state index in [1.165, 1.54) is 0 Å². The molecule has 0 saturated carbocycles. The van der Waals surface area contributed by atoms with Crippen molar-refractivity contribution in [2.75, 3.05) is 6.61 Å². The molecule has 0 aromatic heterocycles. The first-order valence-corrected chi connectivity index (χ1v) is 8.57. The van der Waals surface area contributed by atoms with Gasteiger partial charge >= 0.3 is 0 Å². The molecule has 0 aliphatic carbocycles. The van der Waals surface area contributed by atoms with Crippen LogP contribution in [0.25, 0.3) is 4.72 Å². The van der Waals surface area contributed by atoms with Crippen molar-refractivity contribution in [2.45, 2.75) is 32.6 Å². The van der Waals surface area contributed by atoms with Crippen molar-refractivity contribution in [3.05, 3.63) is 57.8 Å². The predicted octanol–water partition coefficient (Wildman–Crippen LogP) is 4.40. The summed E-state index contributed by atoms with van der Waals surface area (Å²) in [5.41, 5.74) is 2.76. The van der Waals surface area contributed by atoms with Crippen LogP contribution < -0.4 is 4.74 Å². The topological polar surface area (TPSA) is 57.5 Å². The fourth-order valence-electron chi connectivity index (χ4n) is 2.56. The van der Waals surface area contributed by atoms with Crippen LogP contribution in [-0.2, 0) is 10.0 Å². The van der Waals surface area contributed by atoms with E-state index >= 15 is 0 Å². The van der Waals surface area contributed by atoms with Gasteiger partial charge in [0, 0.05) is 0 Å². The molecule has 0 amide bonds. The molecule has 0 unspecified atom stereocenters. The van der Waals surface area contributed by atoms with Gasteiger partial charge in [-0.3, -0.25) is 0 Å². The van der Waals surface area contributed by atoms with Crippen LogP contribution in [0.15, 0.2) is 41.3 Å². The Balaban J connectivity index is 2.45. The van der Waals surface area contributed by atoms with Crippen LogP contribution in [0, 0.1) is 20.8 Å². The number of hydrogen-bond acceptors (Lipinski definition) is 3. The minimum Gasteiger partial charge on any atom is -0.570 e. The van der Waals surface area contributed by atoms with Crippen LogP contribution in [0.3, 0.4) is 0 Å². The van der Waals surface area contributed by atoms with Crippen LogP contribution in [-0.4, -0.2) is 15.0 Å². The first-order valence-electron chi connectivity index (χ1n) is 7.13. The third-order valence-electron chi connectivity index (χ3n) is 3.25. The van der Waals surface area contributed by atoms with Crippen LogP contribution in [0.1, 0.15) is 23.6 Å². The average Bonchev–Trinajstić information content (AvgIpc) is 2.39. The van der Waals surface area contributed by atoms with Crippen molar-refractivity contribution in [2.24, 2.45) is 0 Å². The Kier molecular flexibility index (Phi) is 4.76. The van der Waals surface area contributed by atoms with Gasteiger partial charge < -0.3 is 9.46 Å². The fourth-order valence-corrected chi connectivity index (χ4v) is 3.99. The summed E-state index contributed by atoms with van der Waals surface area (Å²) in [5, 5.41) is 0. The Morgan fingerprint density at radius 2 is 1.64 bits per heavy atom. The van der Waals surface area contributed by atoms with Crippen molar-refractivity contribution in [1.29, 1.82) is 0 Å². The average molecular weight is 318 g/mol. The Morgan fingerprint density at radius 1 is 1.05 bits per heavy atom. The lowest BCUT2D eigenvalue weighted by Crippen LogP contribution is -2.04. The van der Waals surface area contributed by atoms with Gasteiger partial charge in [0.25, 0.3) is 0 Å². The molecule has 0 radical (unpaired) electrons. The highest BCUT2D eigenvalue weighted by atomic mass is 32.2. The molecule has 0 N–H and O–H groups in total. The summed E-state index contributed by atoms with van der Waals surface area (Å²) in [5.74, 6) is 0.469. The van der Waals surface area contributed by atoms with Gasteiger partial charge in [-0.2, -0.15) is 0 Å². The lowest BCUT2D eigenvalue weighted by Gasteiger charge is -2.26. The van der Waals surface area contributed by atoms with Crippen LogP contribution in [0.2, 0.25) is 0 Å². The van der Waals surface area contributed by atoms with E-state index in [1.54, 1.807) is 38.1 Å². The zero-order valence-electron chi connectivity index (χ0n) is 13.3. The summed E-state index contributed by atoms with van der Waals surface area (Å²) in [7, 11) is -3.79. The van der Waals surface area contributed by atoms with Gasteiger partial charge in [-0.15, -0.1) is 0 Å². The smallest absolute Gasteiger partial charge is 0.123 e. The first kappa shape index (κ1) is 16.4. The quantitative estimate of drug-likeness (QED) is 0.820. The normalized spacial score (nSPS) is 11.3. The Labute approximate surface area is 132 Å². The maximum atomic E-state index is 12.7. The zero-order valence-corrected chi connectivity index (χ0v) is 14.1. The summed E-state index contributed by atoms with van der Waals surface area (Å²) >= 11 is 0. The summed E-state index contributed by atoms with van der Waals surface area (Å²) in [6, 6.07) is 10.6. The lowest BCUT2D eigenvalue weighted by molar-refractivity contribution is 0.342. The van der Waals surface area contributed by atoms with E-state index in [0.717, 1.165) is 5.56 Å². The molecule has 2 aromatic rings. The zero-order chi connectivity index (χ0) is 16.3. The summed E-state index contributed by atoms with van der Waals surface area (Å²) in [6.45, 7) is 7.82. The number of benzene rings is 2. The molecule has 0 fully saturated rings. The number of aryl methyl sites for hydroxylation is 3. The van der Waals surface area contributed by atoms with Crippen molar-refractivity contribution in [3.8, 4) is 5.75 Å². The maximum absolute atomic E-state index is 12.7. The van der Waals surface area contributed by atoms with Gasteiger partial charge in [0.05, 0.1) is 11.5 Å². The molecule has 118 valence electrons. The van der Waals surface area contributed by atoms with E-state index in [4.69, 9.17) is 4.74 Å². The highest BCUT2D eigenvalue weighted by Crippen LogP contribution is 2.37. The monoisotopic (exact) mass is 318 g/mol. The Morgan fingerprint density at radius 3 is 2.23 bits per heavy atom. The first-order chi connectivity index (χ1) is 10.3. The number of hydrogen-bond donors (Lipinski definition) is 0. The molecule has 2 rings (SSSR count). The molecule has 4 nitrogen and oxygen atoms in total. The van der Waals surface area contributed by atoms with Gasteiger partial charge in [0.2, 0.25) is 0 Å². The fraction of sp³-hybridized carbons (Fsp3) is 0.294. The largest absolute Gasteiger partial charge is 0.570 e. The Hall–Kier alpha value is -2.01. The summed E-state index contributed by atoms with van der Waals surface area (Å²) < 4.78 is 34.8. The standard InChI is InChI=1S/C17H20NO3S/c1-5-21-16-9-7-6-8-15(16)18-22(19,20)17-13(3)10-12(2)11-14(17)4/h6-11H,5H2,1-4H3/q-1. The number of para-hydroxylation sites is 1. The number of nitrogens with zero attached hydrogens (tertiary/aromatic N) is 1. The molecule has 0 saturated heterocycles. The molecular weight excluding hydrogens is 298 g/mol. The summed E-state index contributed by atoms with van der Waals surface area (Å²) in [6.07, 6.45) is 0. The molecule has 0 spiro atoms. The minimum atomic E-state index is -3.79. The van der Waals surface area contributed by atoms with Gasteiger partial charge in [-0.05, 0) is 44.9 Å². The highest BCUT2D eigenvalue weighted by Gasteiger charge is 2.13. The molecule has 5 heteroatoms. The molecule has 2 aromatic carbocycles. The SMILES string of the molecule is CCOc1ccccc1[N-]S(=O)(=O)c1c(C)cc(C)cc1C. The van der Waals surface area contributed by atoms with E-state index in [0.29, 0.717) is 29.2 Å². The van der Waals surface area contributed by atoms with Crippen molar-refractivity contribution in [3.63, 3.8) is 0 Å². The van der Waals surface area contributed by atoms with E-state index in [1.807, 2.05) is 26.0 Å². The molecule has 0 heterocycles. The number of rotatable bonds is 5. The van der Waals surface area contributed by atoms with Gasteiger partial charge in [0.15, 0.2) is 0 Å². The Bertz CT molecular complexity index is 759. The minimum absolute atomic E-state index is 0.268. The number of ether oxygens (including phenoxy) is 1. The van der Waals surface area contributed by atoms with Crippen molar-refractivity contribution < 1.29 is 13.2 Å². The van der Waals surface area contributed by atoms with Crippen molar-refractivity contribution >= 4 is 15.7 Å². The van der Waals surface area contributed by atoms with E-state index in [2.05, 4.69) is 4.72 Å². The highest BCUT2D eigenvalue weighted by molar-refractivity contribution is 7.94. The molecular formula is C17H20NO3S-. The molecule has 0 aliphatic rings. The second-order valence-corrected chi connectivity index (χ2v) is 6.74. The predicted molar refractivity (Wildman–Crippen MR) is 88.5 cm³/mol. The van der Waals surface area contributed by atoms with Crippen LogP contribution in [0.5, 0.6) is 5.75 Å². The molecule has 0 bridgehead atoms. The van der Waals surface area contributed by atoms with Crippen molar-refractivity contribution in [1.82, 2.24) is 0 Å². The van der Waals surface area contributed by atoms with E-state index in [9.17, 15) is 8.42 Å². The number of sulfonamides is 1. The molecule has 0 atom stereocenters. The van der Waals surface area contributed by atoms with Gasteiger partial charge in [-0.1, -0.05) is 41.6 Å². The van der Waals surface area contributed by atoms with Gasteiger partial charge in [0.1, 0.15) is 15.8 Å². The molecule has 22 heavy (non-hydrogen) atoms. The van der Waals surface area contributed by atoms with Crippen LogP contribution in [0.4, 0.5) is 5.69 Å². The lowest BCUT2D eigenvalue weighted by atomic mass is 10.1.